The number of nitrogens with two attached hydrogens (primary N) is 1. The van der Waals surface area contributed by atoms with E-state index in [1.54, 1.807) is 13.8 Å². The highest BCUT2D eigenvalue weighted by molar-refractivity contribution is 5.97. The van der Waals surface area contributed by atoms with Crippen LogP contribution >= 0.6 is 0 Å². The second-order valence-electron chi connectivity index (χ2n) is 19.7. The zero-order valence-corrected chi connectivity index (χ0v) is 32.9. The molecule has 1 aromatic rings. The first-order chi connectivity index (χ1) is 24.4. The highest BCUT2D eigenvalue weighted by Crippen LogP contribution is 2.89. The van der Waals surface area contributed by atoms with E-state index in [2.05, 4.69) is 69.9 Å². The number of morpholine rings is 1. The molecule has 52 heavy (non-hydrogen) atoms. The van der Waals surface area contributed by atoms with Crippen LogP contribution in [0.1, 0.15) is 106 Å². The lowest BCUT2D eigenvalue weighted by Crippen LogP contribution is -2.69. The topological polar surface area (TPSA) is 121 Å². The van der Waals surface area contributed by atoms with Crippen molar-refractivity contribution in [2.75, 3.05) is 19.7 Å². The second-order valence-corrected chi connectivity index (χ2v) is 19.7. The maximum atomic E-state index is 15.1. The number of nitrogens with zero attached hydrogens (tertiary/aromatic N) is 1. The van der Waals surface area contributed by atoms with E-state index in [1.165, 1.54) is 12.5 Å². The van der Waals surface area contributed by atoms with Crippen molar-refractivity contribution in [1.82, 2.24) is 4.90 Å². The van der Waals surface area contributed by atoms with E-state index >= 15 is 4.79 Å². The lowest BCUT2D eigenvalue weighted by molar-refractivity contribution is -0.246. The minimum absolute atomic E-state index is 0.0151. The van der Waals surface area contributed by atoms with E-state index in [0.29, 0.717) is 24.9 Å². The molecule has 14 atom stereocenters. The second kappa shape index (κ2) is 12.3. The van der Waals surface area contributed by atoms with Crippen molar-refractivity contribution < 1.29 is 33.6 Å². The summed E-state index contributed by atoms with van der Waals surface area (Å²) in [6.07, 6.45) is 4.43. The molecule has 3 N–H and O–H groups in total. The van der Waals surface area contributed by atoms with Gasteiger partial charge in [0.05, 0.1) is 30.0 Å². The molecule has 4 unspecified atom stereocenters. The Bertz CT molecular complexity index is 1560. The van der Waals surface area contributed by atoms with Crippen LogP contribution in [0.4, 0.5) is 0 Å². The van der Waals surface area contributed by atoms with Gasteiger partial charge in [-0.3, -0.25) is 14.5 Å². The minimum atomic E-state index is -1.32. The fraction of sp³-hybridized carbons (Fsp3) is 0.814. The molecule has 0 bridgehead atoms. The Morgan fingerprint density at radius 2 is 1.75 bits per heavy atom. The van der Waals surface area contributed by atoms with Crippen LogP contribution in [0.3, 0.4) is 0 Å². The molecular weight excluding hydrogens is 656 g/mol. The van der Waals surface area contributed by atoms with Crippen molar-refractivity contribution >= 4 is 11.8 Å². The summed E-state index contributed by atoms with van der Waals surface area (Å²) in [5, 5.41) is 11.0. The van der Waals surface area contributed by atoms with Crippen molar-refractivity contribution in [1.29, 1.82) is 0 Å². The Balaban J connectivity index is 1.03. The summed E-state index contributed by atoms with van der Waals surface area (Å²) in [4.78, 5) is 29.6. The molecule has 5 saturated carbocycles. The van der Waals surface area contributed by atoms with E-state index in [4.69, 9.17) is 24.7 Å². The number of ether oxygens (including phenoxy) is 4. The van der Waals surface area contributed by atoms with Crippen LogP contribution in [0.25, 0.3) is 0 Å². The van der Waals surface area contributed by atoms with Crippen molar-refractivity contribution in [3.63, 3.8) is 0 Å². The Labute approximate surface area is 311 Å². The van der Waals surface area contributed by atoms with E-state index in [0.717, 1.165) is 58.2 Å². The number of carbonyl (C=O) groups excluding carboxylic acids is 2. The molecule has 8 rings (SSSR count). The Morgan fingerprint density at radius 3 is 2.44 bits per heavy atom. The SMILES string of the molecule is CC(=O)O[C@@H](C1C[C@@H](C)[C@H]2C(O1)C(=O)[C@@]1(N)C3CC[C@H]4C(C)(C)[C@@H](OC5CN(Cc6ccccc6)CCO5)CC[C@@]45[C@@H](C)[C@@]35CC[C@]21C)C(C)(C)O. The van der Waals surface area contributed by atoms with Crippen LogP contribution in [0.15, 0.2) is 30.3 Å². The lowest BCUT2D eigenvalue weighted by Gasteiger charge is -2.62. The number of aliphatic hydroxyl groups is 1. The molecule has 7 fully saturated rings. The molecule has 2 saturated heterocycles. The van der Waals surface area contributed by atoms with Crippen molar-refractivity contribution in [2.45, 2.75) is 149 Å². The number of Topliss-reactive ketones (excluding diaryl/α,β-unsaturated/α-hetero) is 1. The Kier molecular flexibility index (Phi) is 8.77. The Hall–Kier alpha value is -1.88. The first-order valence-corrected chi connectivity index (χ1v) is 20.3. The fourth-order valence-electron chi connectivity index (χ4n) is 14.6. The molecule has 9 heteroatoms. The van der Waals surface area contributed by atoms with E-state index in [-0.39, 0.29) is 52.2 Å². The molecular formula is C43H64N2O7. The van der Waals surface area contributed by atoms with Gasteiger partial charge in [0.15, 0.2) is 18.2 Å². The van der Waals surface area contributed by atoms with Gasteiger partial charge in [0, 0.05) is 32.5 Å². The molecule has 5 aliphatic carbocycles. The van der Waals surface area contributed by atoms with Gasteiger partial charge in [0.2, 0.25) is 0 Å². The molecule has 0 aromatic heterocycles. The standard InChI is InChI=1S/C43H64N2O7/c1-25-22-29(37(39(6,7)48)50-27(3)46)51-35-34(25)40(8)18-19-42-26(2)41(42)17-16-32(38(4,5)30(41)14-15-31(42)43(40,44)36(35)47)52-33-24-45(20-21-49-33)23-28-12-10-9-11-13-28/h9-13,25-26,29-35,37,48H,14-24,44H2,1-8H3/t25-,26-,29?,30+,31?,32+,33?,34+,35?,37+,40-,41-,42+,43+/m1/s1. The van der Waals surface area contributed by atoms with E-state index < -0.39 is 40.8 Å². The van der Waals surface area contributed by atoms with Gasteiger partial charge >= 0.3 is 5.97 Å². The van der Waals surface area contributed by atoms with Crippen LogP contribution in [-0.4, -0.2) is 83.3 Å². The van der Waals surface area contributed by atoms with Gasteiger partial charge in [-0.05, 0) is 110 Å². The summed E-state index contributed by atoms with van der Waals surface area (Å²) in [5.41, 5.74) is 6.51. The number of esters is 1. The number of ketones is 1. The van der Waals surface area contributed by atoms with Gasteiger partial charge < -0.3 is 29.8 Å². The average Bonchev–Trinajstić information content (AvgIpc) is 3.55. The number of rotatable bonds is 7. The number of fused-ring (bicyclic) bond motifs is 4. The van der Waals surface area contributed by atoms with Crippen molar-refractivity contribution in [2.24, 2.45) is 57.0 Å². The average molecular weight is 721 g/mol. The summed E-state index contributed by atoms with van der Waals surface area (Å²) < 4.78 is 25.6. The third kappa shape index (κ3) is 5.00. The van der Waals surface area contributed by atoms with Crippen LogP contribution < -0.4 is 5.73 Å². The zero-order valence-electron chi connectivity index (χ0n) is 32.9. The maximum Gasteiger partial charge on any atom is 0.303 e. The number of carbonyl (C=O) groups is 2. The van der Waals surface area contributed by atoms with Gasteiger partial charge in [0.1, 0.15) is 6.10 Å². The fourth-order valence-corrected chi connectivity index (χ4v) is 14.6. The number of benzene rings is 1. The van der Waals surface area contributed by atoms with Crippen LogP contribution in [0.5, 0.6) is 0 Å². The molecule has 0 amide bonds. The van der Waals surface area contributed by atoms with Gasteiger partial charge in [0.25, 0.3) is 0 Å². The highest BCUT2D eigenvalue weighted by Gasteiger charge is 2.88. The largest absolute Gasteiger partial charge is 0.457 e. The highest BCUT2D eigenvalue weighted by atomic mass is 16.7. The normalized spacial score (nSPS) is 47.3. The molecule has 0 radical (unpaired) electrons. The van der Waals surface area contributed by atoms with E-state index in [1.807, 2.05) is 0 Å². The summed E-state index contributed by atoms with van der Waals surface area (Å²) in [6, 6.07) is 10.6. The van der Waals surface area contributed by atoms with Gasteiger partial charge in [-0.15, -0.1) is 0 Å². The molecule has 2 heterocycles. The quantitative estimate of drug-likeness (QED) is 0.332. The molecule has 288 valence electrons. The predicted molar refractivity (Wildman–Crippen MR) is 197 cm³/mol. The monoisotopic (exact) mass is 720 g/mol. The van der Waals surface area contributed by atoms with Gasteiger partial charge in [-0.2, -0.15) is 0 Å². The number of hydrogen-bond donors (Lipinski definition) is 2. The molecule has 9 nitrogen and oxygen atoms in total. The van der Waals surface area contributed by atoms with Gasteiger partial charge in [-0.1, -0.05) is 65.0 Å². The summed E-state index contributed by atoms with van der Waals surface area (Å²) in [5.74, 6) is 0.742. The van der Waals surface area contributed by atoms with Crippen LogP contribution in [-0.2, 0) is 35.1 Å². The first-order valence-electron chi connectivity index (χ1n) is 20.3. The smallest absolute Gasteiger partial charge is 0.303 e. The molecule has 2 spiro atoms. The summed E-state index contributed by atoms with van der Waals surface area (Å²) in [7, 11) is 0. The maximum absolute atomic E-state index is 15.1. The Morgan fingerprint density at radius 1 is 1.06 bits per heavy atom. The first kappa shape index (κ1) is 37.1. The minimum Gasteiger partial charge on any atom is -0.457 e. The molecule has 7 aliphatic rings. The summed E-state index contributed by atoms with van der Waals surface area (Å²) in [6.45, 7) is 19.7. The van der Waals surface area contributed by atoms with E-state index in [9.17, 15) is 9.90 Å². The molecule has 2 aliphatic heterocycles. The van der Waals surface area contributed by atoms with Crippen molar-refractivity contribution in [3.05, 3.63) is 35.9 Å². The van der Waals surface area contributed by atoms with Crippen LogP contribution in [0, 0.1) is 51.2 Å². The predicted octanol–water partition coefficient (Wildman–Crippen LogP) is 5.89. The lowest BCUT2D eigenvalue weighted by atomic mass is 9.43. The summed E-state index contributed by atoms with van der Waals surface area (Å²) >= 11 is 0. The van der Waals surface area contributed by atoms with Crippen molar-refractivity contribution in [3.8, 4) is 0 Å². The molecule has 1 aromatic carbocycles. The third-order valence-corrected chi connectivity index (χ3v) is 16.7. The number of hydrogen-bond acceptors (Lipinski definition) is 9. The van der Waals surface area contributed by atoms with Crippen LogP contribution in [0.2, 0.25) is 0 Å². The third-order valence-electron chi connectivity index (χ3n) is 16.7. The van der Waals surface area contributed by atoms with Gasteiger partial charge in [-0.25, -0.2) is 0 Å². The zero-order chi connectivity index (χ0) is 37.2.